The fraction of sp³-hybridized carbons (Fsp3) is 0.231. The molecule has 1 aromatic heterocycles. The molecule has 0 bridgehead atoms. The minimum absolute atomic E-state index is 0.000163. The molecule has 6 heteroatoms. The minimum Gasteiger partial charge on any atom is -0.363 e. The van der Waals surface area contributed by atoms with Crippen molar-refractivity contribution in [3.63, 3.8) is 0 Å². The molecule has 2 rings (SSSR count). The van der Waals surface area contributed by atoms with E-state index in [2.05, 4.69) is 20.7 Å². The molecule has 0 radical (unpaired) electrons. The molecule has 1 atom stereocenters. The number of hydrazine groups is 1. The fourth-order valence-corrected chi connectivity index (χ4v) is 1.78. The third-order valence-corrected chi connectivity index (χ3v) is 2.94. The van der Waals surface area contributed by atoms with Crippen molar-refractivity contribution in [3.8, 4) is 0 Å². The van der Waals surface area contributed by atoms with Gasteiger partial charge in [-0.2, -0.15) is 0 Å². The molecule has 2 aromatic rings. The second-order valence-corrected chi connectivity index (χ2v) is 4.26. The standard InChI is InChI=1S/C13H16FN5/c1-8-12(16-7-17-13(8)19-15)18-9(2)10-3-5-11(14)6-4-10/h3-7,9H,15H2,1-2H3,(H2,16,17,18,19). The lowest BCUT2D eigenvalue weighted by Gasteiger charge is -2.17. The molecule has 1 unspecified atom stereocenters. The van der Waals surface area contributed by atoms with Crippen LogP contribution < -0.4 is 16.6 Å². The summed E-state index contributed by atoms with van der Waals surface area (Å²) in [5.74, 6) is 6.39. The average molecular weight is 261 g/mol. The summed E-state index contributed by atoms with van der Waals surface area (Å²) in [5.41, 5.74) is 4.32. The SMILES string of the molecule is Cc1c(NN)ncnc1NC(C)c1ccc(F)cc1. The largest absolute Gasteiger partial charge is 0.363 e. The molecule has 5 nitrogen and oxygen atoms in total. The number of aromatic nitrogens is 2. The predicted octanol–water partition coefficient (Wildman–Crippen LogP) is 2.38. The Morgan fingerprint density at radius 1 is 1.16 bits per heavy atom. The van der Waals surface area contributed by atoms with Gasteiger partial charge in [0.1, 0.15) is 23.8 Å². The lowest BCUT2D eigenvalue weighted by atomic mass is 10.1. The van der Waals surface area contributed by atoms with Crippen LogP contribution in [-0.2, 0) is 0 Å². The van der Waals surface area contributed by atoms with E-state index in [0.29, 0.717) is 11.6 Å². The van der Waals surface area contributed by atoms with E-state index >= 15 is 0 Å². The van der Waals surface area contributed by atoms with Crippen LogP contribution in [-0.4, -0.2) is 9.97 Å². The summed E-state index contributed by atoms with van der Waals surface area (Å²) in [4.78, 5) is 8.19. The molecule has 0 saturated heterocycles. The summed E-state index contributed by atoms with van der Waals surface area (Å²) >= 11 is 0. The highest BCUT2D eigenvalue weighted by atomic mass is 19.1. The number of halogens is 1. The monoisotopic (exact) mass is 261 g/mol. The highest BCUT2D eigenvalue weighted by molar-refractivity contribution is 5.56. The maximum atomic E-state index is 12.9. The number of nitrogen functional groups attached to an aromatic ring is 1. The first kappa shape index (κ1) is 13.2. The molecule has 0 aliphatic heterocycles. The minimum atomic E-state index is -0.246. The number of hydrogen-bond donors (Lipinski definition) is 3. The van der Waals surface area contributed by atoms with Crippen molar-refractivity contribution < 1.29 is 4.39 Å². The first-order valence-electron chi connectivity index (χ1n) is 5.92. The third-order valence-electron chi connectivity index (χ3n) is 2.94. The van der Waals surface area contributed by atoms with E-state index in [4.69, 9.17) is 5.84 Å². The molecule has 0 spiro atoms. The molecule has 19 heavy (non-hydrogen) atoms. The van der Waals surface area contributed by atoms with Crippen molar-refractivity contribution in [2.45, 2.75) is 19.9 Å². The Morgan fingerprint density at radius 2 is 1.79 bits per heavy atom. The zero-order chi connectivity index (χ0) is 13.8. The Labute approximate surface area is 111 Å². The second-order valence-electron chi connectivity index (χ2n) is 4.26. The summed E-state index contributed by atoms with van der Waals surface area (Å²) in [6.45, 7) is 3.85. The van der Waals surface area contributed by atoms with Crippen LogP contribution in [0.4, 0.5) is 16.0 Å². The Kier molecular flexibility index (Phi) is 3.91. The normalized spacial score (nSPS) is 12.0. The van der Waals surface area contributed by atoms with Crippen molar-refractivity contribution in [2.75, 3.05) is 10.7 Å². The zero-order valence-electron chi connectivity index (χ0n) is 10.8. The van der Waals surface area contributed by atoms with Gasteiger partial charge in [-0.3, -0.25) is 0 Å². The van der Waals surface area contributed by atoms with Gasteiger partial charge in [-0.25, -0.2) is 20.2 Å². The third kappa shape index (κ3) is 2.97. The number of hydrogen-bond acceptors (Lipinski definition) is 5. The quantitative estimate of drug-likeness (QED) is 0.582. The van der Waals surface area contributed by atoms with Crippen LogP contribution in [0.3, 0.4) is 0 Å². The lowest BCUT2D eigenvalue weighted by molar-refractivity contribution is 0.626. The Hall–Kier alpha value is -2.21. The number of nitrogens with one attached hydrogen (secondary N) is 2. The van der Waals surface area contributed by atoms with Crippen LogP contribution in [0.25, 0.3) is 0 Å². The first-order chi connectivity index (χ1) is 9.11. The van der Waals surface area contributed by atoms with E-state index in [1.807, 2.05) is 13.8 Å². The van der Waals surface area contributed by atoms with Crippen LogP contribution >= 0.6 is 0 Å². The molecule has 4 N–H and O–H groups in total. The second kappa shape index (κ2) is 5.62. The molecule has 0 aliphatic rings. The summed E-state index contributed by atoms with van der Waals surface area (Å²) in [6, 6.07) is 6.36. The zero-order valence-corrected chi connectivity index (χ0v) is 10.8. The van der Waals surface area contributed by atoms with Crippen molar-refractivity contribution in [2.24, 2.45) is 5.84 Å². The van der Waals surface area contributed by atoms with Gasteiger partial charge in [0.05, 0.1) is 0 Å². The van der Waals surface area contributed by atoms with Gasteiger partial charge in [0.25, 0.3) is 0 Å². The maximum absolute atomic E-state index is 12.9. The maximum Gasteiger partial charge on any atom is 0.148 e. The van der Waals surface area contributed by atoms with E-state index in [1.165, 1.54) is 18.5 Å². The molecule has 0 aliphatic carbocycles. The molecular formula is C13H16FN5. The van der Waals surface area contributed by atoms with Crippen LogP contribution in [0.15, 0.2) is 30.6 Å². The van der Waals surface area contributed by atoms with Gasteiger partial charge in [-0.15, -0.1) is 0 Å². The smallest absolute Gasteiger partial charge is 0.148 e. The van der Waals surface area contributed by atoms with Gasteiger partial charge in [-0.1, -0.05) is 12.1 Å². The van der Waals surface area contributed by atoms with Gasteiger partial charge in [0.2, 0.25) is 0 Å². The summed E-state index contributed by atoms with van der Waals surface area (Å²) < 4.78 is 12.9. The lowest BCUT2D eigenvalue weighted by Crippen LogP contribution is -2.14. The molecule has 0 amide bonds. The average Bonchev–Trinajstić information content (AvgIpc) is 2.42. The molecule has 1 aromatic carbocycles. The van der Waals surface area contributed by atoms with E-state index in [0.717, 1.165) is 11.1 Å². The summed E-state index contributed by atoms with van der Waals surface area (Å²) in [6.07, 6.45) is 1.43. The van der Waals surface area contributed by atoms with Gasteiger partial charge in [0.15, 0.2) is 0 Å². The van der Waals surface area contributed by atoms with E-state index < -0.39 is 0 Å². The van der Waals surface area contributed by atoms with Crippen LogP contribution in [0, 0.1) is 12.7 Å². The number of nitrogens with two attached hydrogens (primary N) is 1. The predicted molar refractivity (Wildman–Crippen MR) is 73.0 cm³/mol. The Bertz CT molecular complexity index is 555. The van der Waals surface area contributed by atoms with Gasteiger partial charge in [-0.05, 0) is 31.5 Å². The Balaban J connectivity index is 2.19. The highest BCUT2D eigenvalue weighted by Crippen LogP contribution is 2.23. The summed E-state index contributed by atoms with van der Waals surface area (Å²) in [5, 5.41) is 3.25. The van der Waals surface area contributed by atoms with Gasteiger partial charge >= 0.3 is 0 Å². The van der Waals surface area contributed by atoms with Crippen molar-refractivity contribution in [1.29, 1.82) is 0 Å². The van der Waals surface area contributed by atoms with E-state index in [1.54, 1.807) is 12.1 Å². The fourth-order valence-electron chi connectivity index (χ4n) is 1.78. The van der Waals surface area contributed by atoms with Gasteiger partial charge < -0.3 is 10.7 Å². The van der Waals surface area contributed by atoms with E-state index in [-0.39, 0.29) is 11.9 Å². The summed E-state index contributed by atoms with van der Waals surface area (Å²) in [7, 11) is 0. The number of rotatable bonds is 4. The van der Waals surface area contributed by atoms with E-state index in [9.17, 15) is 4.39 Å². The topological polar surface area (TPSA) is 75.9 Å². The van der Waals surface area contributed by atoms with Gasteiger partial charge in [0, 0.05) is 11.6 Å². The van der Waals surface area contributed by atoms with Crippen LogP contribution in [0.5, 0.6) is 0 Å². The molecule has 100 valence electrons. The van der Waals surface area contributed by atoms with Crippen LogP contribution in [0.1, 0.15) is 24.1 Å². The van der Waals surface area contributed by atoms with Crippen molar-refractivity contribution >= 4 is 11.6 Å². The molecule has 1 heterocycles. The van der Waals surface area contributed by atoms with Crippen molar-refractivity contribution in [1.82, 2.24) is 9.97 Å². The van der Waals surface area contributed by atoms with Crippen molar-refractivity contribution in [3.05, 3.63) is 47.5 Å². The molecule has 0 fully saturated rings. The first-order valence-corrected chi connectivity index (χ1v) is 5.92. The Morgan fingerprint density at radius 3 is 2.42 bits per heavy atom. The highest BCUT2D eigenvalue weighted by Gasteiger charge is 2.10. The number of nitrogens with zero attached hydrogens (tertiary/aromatic N) is 2. The molecule has 0 saturated carbocycles. The van der Waals surface area contributed by atoms with Crippen LogP contribution in [0.2, 0.25) is 0 Å². The molecular weight excluding hydrogens is 245 g/mol. The number of anilines is 2. The number of benzene rings is 1.